The minimum atomic E-state index is -0.873. The summed E-state index contributed by atoms with van der Waals surface area (Å²) in [5, 5.41) is 30.8. The van der Waals surface area contributed by atoms with Gasteiger partial charge in [-0.3, -0.25) is 0 Å². The topological polar surface area (TPSA) is 96.2 Å². The van der Waals surface area contributed by atoms with Gasteiger partial charge in [-0.1, -0.05) is 32.1 Å². The fraction of sp³-hybridized carbons (Fsp3) is 0.650. The van der Waals surface area contributed by atoms with Gasteiger partial charge < -0.3 is 24.8 Å². The molecule has 0 aromatic rings. The third kappa shape index (κ3) is 6.59. The van der Waals surface area contributed by atoms with Crippen molar-refractivity contribution >= 4 is 5.97 Å². The van der Waals surface area contributed by atoms with Crippen LogP contribution in [-0.2, 0) is 14.3 Å². The summed E-state index contributed by atoms with van der Waals surface area (Å²) in [6.45, 7) is 7.31. The lowest BCUT2D eigenvalue weighted by Gasteiger charge is -2.28. The van der Waals surface area contributed by atoms with Crippen molar-refractivity contribution in [3.05, 3.63) is 35.6 Å². The standard InChI is InChI=1S/C20H32O6/c1-6-12(2)20(24)13(3)7-8-17(21)14(4)18(22)10-16-9-15(25-5)11-19(23)26-16/h6-8,11,13-14,16-18,20-22,24H,9-10H2,1-5H3. The number of cyclic esters (lactones) is 1. The Labute approximate surface area is 155 Å². The molecule has 0 saturated carbocycles. The minimum absolute atomic E-state index is 0.154. The molecule has 148 valence electrons. The Morgan fingerprint density at radius 1 is 1.35 bits per heavy atom. The van der Waals surface area contributed by atoms with Crippen LogP contribution in [0.3, 0.4) is 0 Å². The van der Waals surface area contributed by atoms with Crippen LogP contribution in [-0.4, -0.2) is 52.8 Å². The van der Waals surface area contributed by atoms with E-state index in [9.17, 15) is 20.1 Å². The molecule has 0 fully saturated rings. The number of esters is 1. The normalized spacial score (nSPS) is 24.5. The van der Waals surface area contributed by atoms with Crippen molar-refractivity contribution in [3.8, 4) is 0 Å². The molecule has 0 saturated heterocycles. The molecule has 6 nitrogen and oxygen atoms in total. The highest BCUT2D eigenvalue weighted by Crippen LogP contribution is 2.24. The molecule has 0 aromatic heterocycles. The molecule has 0 bridgehead atoms. The summed E-state index contributed by atoms with van der Waals surface area (Å²) in [6.07, 6.45) is 4.31. The third-order valence-corrected chi connectivity index (χ3v) is 4.93. The molecule has 1 aliphatic heterocycles. The number of aliphatic hydroxyl groups is 3. The van der Waals surface area contributed by atoms with Crippen LogP contribution < -0.4 is 0 Å². The number of methoxy groups -OCH3 is 1. The van der Waals surface area contributed by atoms with E-state index in [1.165, 1.54) is 13.2 Å². The molecular weight excluding hydrogens is 336 g/mol. The first-order valence-corrected chi connectivity index (χ1v) is 9.00. The van der Waals surface area contributed by atoms with Gasteiger partial charge in [0.2, 0.25) is 0 Å². The fourth-order valence-corrected chi connectivity index (χ4v) is 2.80. The van der Waals surface area contributed by atoms with Gasteiger partial charge in [-0.25, -0.2) is 4.79 Å². The molecule has 1 aliphatic rings. The van der Waals surface area contributed by atoms with E-state index < -0.39 is 36.3 Å². The van der Waals surface area contributed by atoms with Crippen LogP contribution in [0.25, 0.3) is 0 Å². The van der Waals surface area contributed by atoms with Crippen molar-refractivity contribution in [2.75, 3.05) is 7.11 Å². The lowest BCUT2D eigenvalue weighted by atomic mass is 9.90. The Morgan fingerprint density at radius 2 is 2.00 bits per heavy atom. The molecule has 26 heavy (non-hydrogen) atoms. The van der Waals surface area contributed by atoms with Crippen LogP contribution in [0.2, 0.25) is 0 Å². The second kappa shape index (κ2) is 10.5. The van der Waals surface area contributed by atoms with Crippen molar-refractivity contribution in [2.24, 2.45) is 11.8 Å². The van der Waals surface area contributed by atoms with E-state index >= 15 is 0 Å². The summed E-state index contributed by atoms with van der Waals surface area (Å²) in [7, 11) is 1.49. The largest absolute Gasteiger partial charge is 0.501 e. The Hall–Kier alpha value is -1.63. The average Bonchev–Trinajstić information content (AvgIpc) is 2.62. The molecule has 0 amide bonds. The number of carbonyl (C=O) groups excluding carboxylic acids is 1. The maximum absolute atomic E-state index is 11.5. The Morgan fingerprint density at radius 3 is 2.58 bits per heavy atom. The molecule has 0 radical (unpaired) electrons. The monoisotopic (exact) mass is 368 g/mol. The van der Waals surface area contributed by atoms with Crippen LogP contribution in [0.4, 0.5) is 0 Å². The third-order valence-electron chi connectivity index (χ3n) is 4.93. The minimum Gasteiger partial charge on any atom is -0.501 e. The van der Waals surface area contributed by atoms with E-state index in [2.05, 4.69) is 0 Å². The molecule has 1 rings (SSSR count). The van der Waals surface area contributed by atoms with Gasteiger partial charge in [0.1, 0.15) is 11.9 Å². The Bertz CT molecular complexity index is 551. The number of rotatable bonds is 9. The first kappa shape index (κ1) is 22.4. The van der Waals surface area contributed by atoms with Crippen molar-refractivity contribution in [1.29, 1.82) is 0 Å². The second-order valence-electron chi connectivity index (χ2n) is 6.95. The molecule has 1 heterocycles. The summed E-state index contributed by atoms with van der Waals surface area (Å²) in [5.41, 5.74) is 0.867. The summed E-state index contributed by atoms with van der Waals surface area (Å²) in [6, 6.07) is 0. The van der Waals surface area contributed by atoms with E-state index in [1.807, 2.05) is 26.8 Å². The zero-order valence-electron chi connectivity index (χ0n) is 16.3. The first-order chi connectivity index (χ1) is 12.2. The maximum Gasteiger partial charge on any atom is 0.334 e. The molecule has 0 spiro atoms. The van der Waals surface area contributed by atoms with Gasteiger partial charge in [-0.05, 0) is 19.4 Å². The maximum atomic E-state index is 11.5. The Balaban J connectivity index is 2.59. The number of aliphatic hydroxyl groups excluding tert-OH is 3. The molecule has 6 unspecified atom stereocenters. The van der Waals surface area contributed by atoms with E-state index in [1.54, 1.807) is 19.1 Å². The number of hydrogen-bond acceptors (Lipinski definition) is 6. The molecule has 0 aliphatic carbocycles. The predicted molar refractivity (Wildman–Crippen MR) is 99.1 cm³/mol. The van der Waals surface area contributed by atoms with Crippen molar-refractivity contribution < 1.29 is 29.6 Å². The number of hydrogen-bond donors (Lipinski definition) is 3. The highest BCUT2D eigenvalue weighted by Gasteiger charge is 2.29. The van der Waals surface area contributed by atoms with Gasteiger partial charge in [0.05, 0.1) is 31.5 Å². The molecule has 0 aromatic carbocycles. The summed E-state index contributed by atoms with van der Waals surface area (Å²) in [4.78, 5) is 11.5. The van der Waals surface area contributed by atoms with E-state index in [0.717, 1.165) is 5.57 Å². The van der Waals surface area contributed by atoms with Crippen LogP contribution in [0.15, 0.2) is 35.6 Å². The van der Waals surface area contributed by atoms with Gasteiger partial charge >= 0.3 is 5.97 Å². The summed E-state index contributed by atoms with van der Waals surface area (Å²) < 4.78 is 10.3. The molecular formula is C20H32O6. The van der Waals surface area contributed by atoms with Gasteiger partial charge in [0.25, 0.3) is 0 Å². The van der Waals surface area contributed by atoms with E-state index in [0.29, 0.717) is 12.2 Å². The SMILES string of the molecule is CC=C(C)C(O)C(C)C=CC(O)C(C)C(O)CC1CC(OC)=CC(=O)O1. The zero-order valence-corrected chi connectivity index (χ0v) is 16.3. The van der Waals surface area contributed by atoms with Crippen LogP contribution in [0.1, 0.15) is 40.5 Å². The van der Waals surface area contributed by atoms with Crippen molar-refractivity contribution in [2.45, 2.75) is 65.0 Å². The summed E-state index contributed by atoms with van der Waals surface area (Å²) in [5.74, 6) is -0.567. The highest BCUT2D eigenvalue weighted by molar-refractivity contribution is 5.83. The Kier molecular flexibility index (Phi) is 9.05. The fourth-order valence-electron chi connectivity index (χ4n) is 2.80. The predicted octanol–water partition coefficient (Wildman–Crippen LogP) is 2.10. The van der Waals surface area contributed by atoms with E-state index in [-0.39, 0.29) is 12.3 Å². The lowest BCUT2D eigenvalue weighted by molar-refractivity contribution is -0.147. The quantitative estimate of drug-likeness (QED) is 0.426. The van der Waals surface area contributed by atoms with Gasteiger partial charge in [0, 0.05) is 24.7 Å². The lowest BCUT2D eigenvalue weighted by Crippen LogP contribution is -2.34. The number of carbonyl (C=O) groups is 1. The van der Waals surface area contributed by atoms with E-state index in [4.69, 9.17) is 9.47 Å². The molecule has 3 N–H and O–H groups in total. The smallest absolute Gasteiger partial charge is 0.334 e. The first-order valence-electron chi connectivity index (χ1n) is 9.00. The van der Waals surface area contributed by atoms with Crippen LogP contribution in [0.5, 0.6) is 0 Å². The second-order valence-corrected chi connectivity index (χ2v) is 6.95. The highest BCUT2D eigenvalue weighted by atomic mass is 16.6. The van der Waals surface area contributed by atoms with Crippen molar-refractivity contribution in [1.82, 2.24) is 0 Å². The van der Waals surface area contributed by atoms with Crippen molar-refractivity contribution in [3.63, 3.8) is 0 Å². The van der Waals surface area contributed by atoms with Crippen LogP contribution in [0, 0.1) is 11.8 Å². The average molecular weight is 368 g/mol. The number of allylic oxidation sites excluding steroid dienone is 1. The number of ether oxygens (including phenoxy) is 2. The zero-order chi connectivity index (χ0) is 19.9. The van der Waals surface area contributed by atoms with Gasteiger partial charge in [-0.15, -0.1) is 0 Å². The van der Waals surface area contributed by atoms with Gasteiger partial charge in [-0.2, -0.15) is 0 Å². The van der Waals surface area contributed by atoms with Crippen LogP contribution >= 0.6 is 0 Å². The molecule has 6 atom stereocenters. The van der Waals surface area contributed by atoms with Gasteiger partial charge in [0.15, 0.2) is 0 Å². The molecule has 6 heteroatoms. The summed E-state index contributed by atoms with van der Waals surface area (Å²) >= 11 is 0.